The first-order chi connectivity index (χ1) is 12.6. The lowest BCUT2D eigenvalue weighted by molar-refractivity contribution is -0.0585. The van der Waals surface area contributed by atoms with Crippen molar-refractivity contribution in [1.82, 2.24) is 10.0 Å². The first-order valence-electron chi connectivity index (χ1n) is 8.05. The molecule has 1 N–H and O–H groups in total. The van der Waals surface area contributed by atoms with Gasteiger partial charge in [-0.1, -0.05) is 47.5 Å². The molecule has 0 aliphatic carbocycles. The molecular formula is C20H14N2O4. The van der Waals surface area contributed by atoms with Crippen LogP contribution in [0.15, 0.2) is 67.0 Å². The number of carbonyl (C=O) groups excluding carboxylic acids is 3. The SMILES string of the molecule is O=C(ON1C(=O)c2ccccc2C1=O)c1c[nH]cc1Cc1ccccc1. The Morgan fingerprint density at radius 1 is 0.885 bits per heavy atom. The van der Waals surface area contributed by atoms with Crippen molar-refractivity contribution < 1.29 is 19.2 Å². The highest BCUT2D eigenvalue weighted by Gasteiger charge is 2.39. The van der Waals surface area contributed by atoms with E-state index in [1.54, 1.807) is 18.3 Å². The number of aromatic amines is 1. The number of imide groups is 1. The number of amides is 2. The molecule has 1 aliphatic rings. The number of H-pyrrole nitrogens is 1. The van der Waals surface area contributed by atoms with E-state index in [-0.39, 0.29) is 16.7 Å². The molecular weight excluding hydrogens is 332 g/mol. The number of carbonyl (C=O) groups is 3. The minimum atomic E-state index is -0.758. The van der Waals surface area contributed by atoms with Crippen molar-refractivity contribution in [3.63, 3.8) is 0 Å². The Morgan fingerprint density at radius 3 is 2.15 bits per heavy atom. The van der Waals surface area contributed by atoms with Gasteiger partial charge in [-0.2, -0.15) is 0 Å². The number of rotatable bonds is 4. The molecule has 2 heterocycles. The van der Waals surface area contributed by atoms with Gasteiger partial charge in [-0.05, 0) is 29.7 Å². The van der Waals surface area contributed by atoms with Crippen LogP contribution in [-0.2, 0) is 11.3 Å². The smallest absolute Gasteiger partial charge is 0.365 e. The van der Waals surface area contributed by atoms with Gasteiger partial charge < -0.3 is 9.82 Å². The van der Waals surface area contributed by atoms with Crippen LogP contribution in [0.1, 0.15) is 42.2 Å². The first kappa shape index (κ1) is 15.8. The highest BCUT2D eigenvalue weighted by molar-refractivity contribution is 6.21. The monoisotopic (exact) mass is 346 g/mol. The molecule has 0 fully saturated rings. The molecule has 128 valence electrons. The number of aromatic nitrogens is 1. The Hall–Kier alpha value is -3.67. The summed E-state index contributed by atoms with van der Waals surface area (Å²) in [6, 6.07) is 16.0. The molecule has 0 bridgehead atoms. The molecule has 26 heavy (non-hydrogen) atoms. The van der Waals surface area contributed by atoms with Crippen LogP contribution >= 0.6 is 0 Å². The van der Waals surface area contributed by atoms with Crippen molar-refractivity contribution in [2.75, 3.05) is 0 Å². The second kappa shape index (κ2) is 6.33. The summed E-state index contributed by atoms with van der Waals surface area (Å²) in [5.74, 6) is -2.04. The Kier molecular flexibility index (Phi) is 3.85. The van der Waals surface area contributed by atoms with Crippen LogP contribution < -0.4 is 0 Å². The van der Waals surface area contributed by atoms with E-state index >= 15 is 0 Å². The fourth-order valence-corrected chi connectivity index (χ4v) is 2.93. The van der Waals surface area contributed by atoms with Gasteiger partial charge >= 0.3 is 5.97 Å². The zero-order valence-electron chi connectivity index (χ0n) is 13.6. The van der Waals surface area contributed by atoms with E-state index in [2.05, 4.69) is 4.98 Å². The lowest BCUT2D eigenvalue weighted by Crippen LogP contribution is -2.32. The average molecular weight is 346 g/mol. The fraction of sp³-hybridized carbons (Fsp3) is 0.0500. The summed E-state index contributed by atoms with van der Waals surface area (Å²) in [5.41, 5.74) is 2.48. The van der Waals surface area contributed by atoms with Crippen molar-refractivity contribution in [2.24, 2.45) is 0 Å². The number of benzene rings is 2. The number of hydrogen-bond donors (Lipinski definition) is 1. The van der Waals surface area contributed by atoms with Gasteiger partial charge in [0.15, 0.2) is 0 Å². The van der Waals surface area contributed by atoms with Crippen molar-refractivity contribution in [3.05, 3.63) is 94.8 Å². The van der Waals surface area contributed by atoms with Crippen LogP contribution in [-0.4, -0.2) is 27.8 Å². The topological polar surface area (TPSA) is 79.5 Å². The predicted octanol–water partition coefficient (Wildman–Crippen LogP) is 2.97. The van der Waals surface area contributed by atoms with E-state index in [9.17, 15) is 14.4 Å². The van der Waals surface area contributed by atoms with Gasteiger partial charge in [-0.15, -0.1) is 0 Å². The molecule has 0 atom stereocenters. The zero-order valence-corrected chi connectivity index (χ0v) is 13.6. The number of nitrogens with zero attached hydrogens (tertiary/aromatic N) is 1. The van der Waals surface area contributed by atoms with Gasteiger partial charge in [0.25, 0.3) is 11.8 Å². The highest BCUT2D eigenvalue weighted by atomic mass is 16.7. The standard InChI is InChI=1S/C20H14N2O4/c23-18-15-8-4-5-9-16(15)19(24)22(18)26-20(25)17-12-21-11-14(17)10-13-6-2-1-3-7-13/h1-9,11-12,21H,10H2. The van der Waals surface area contributed by atoms with Crippen LogP contribution in [0.25, 0.3) is 0 Å². The molecule has 0 spiro atoms. The zero-order chi connectivity index (χ0) is 18.1. The largest absolute Gasteiger partial charge is 0.367 e. The lowest BCUT2D eigenvalue weighted by atomic mass is 10.0. The van der Waals surface area contributed by atoms with Gasteiger partial charge in [-0.3, -0.25) is 9.59 Å². The summed E-state index contributed by atoms with van der Waals surface area (Å²) < 4.78 is 0. The van der Waals surface area contributed by atoms with Gasteiger partial charge in [0.2, 0.25) is 0 Å². The Balaban J connectivity index is 1.54. The van der Waals surface area contributed by atoms with Crippen LogP contribution in [0.3, 0.4) is 0 Å². The summed E-state index contributed by atoms with van der Waals surface area (Å²) in [4.78, 5) is 45.1. The van der Waals surface area contributed by atoms with Crippen molar-refractivity contribution >= 4 is 17.8 Å². The van der Waals surface area contributed by atoms with E-state index < -0.39 is 17.8 Å². The van der Waals surface area contributed by atoms with Gasteiger partial charge in [-0.25, -0.2) is 4.79 Å². The van der Waals surface area contributed by atoms with E-state index in [0.29, 0.717) is 11.5 Å². The maximum atomic E-state index is 12.5. The minimum Gasteiger partial charge on any atom is -0.367 e. The number of nitrogens with one attached hydrogen (secondary N) is 1. The third-order valence-electron chi connectivity index (χ3n) is 4.22. The van der Waals surface area contributed by atoms with E-state index in [4.69, 9.17) is 4.84 Å². The third kappa shape index (κ3) is 2.67. The predicted molar refractivity (Wildman–Crippen MR) is 92.4 cm³/mol. The maximum absolute atomic E-state index is 12.5. The minimum absolute atomic E-state index is 0.226. The molecule has 2 aromatic carbocycles. The second-order valence-electron chi connectivity index (χ2n) is 5.89. The quantitative estimate of drug-likeness (QED) is 0.737. The highest BCUT2D eigenvalue weighted by Crippen LogP contribution is 2.24. The third-order valence-corrected chi connectivity index (χ3v) is 4.22. The molecule has 0 saturated heterocycles. The molecule has 4 rings (SSSR count). The molecule has 2 amide bonds. The van der Waals surface area contributed by atoms with Crippen LogP contribution in [0, 0.1) is 0 Å². The second-order valence-corrected chi connectivity index (χ2v) is 5.89. The molecule has 3 aromatic rings. The number of hydrogen-bond acceptors (Lipinski definition) is 4. The number of hydroxylamine groups is 2. The molecule has 6 nitrogen and oxygen atoms in total. The van der Waals surface area contributed by atoms with Gasteiger partial charge in [0, 0.05) is 12.4 Å². The van der Waals surface area contributed by atoms with Gasteiger partial charge in [0.05, 0.1) is 16.7 Å². The van der Waals surface area contributed by atoms with E-state index in [1.165, 1.54) is 18.3 Å². The summed E-state index contributed by atoms with van der Waals surface area (Å²) in [7, 11) is 0. The fourth-order valence-electron chi connectivity index (χ4n) is 2.93. The van der Waals surface area contributed by atoms with Crippen LogP contribution in [0.2, 0.25) is 0 Å². The van der Waals surface area contributed by atoms with E-state index in [0.717, 1.165) is 11.1 Å². The molecule has 1 aromatic heterocycles. The maximum Gasteiger partial charge on any atom is 0.365 e. The van der Waals surface area contributed by atoms with Gasteiger partial charge in [0.1, 0.15) is 0 Å². The first-order valence-corrected chi connectivity index (χ1v) is 8.05. The Labute approximate surface area is 149 Å². The molecule has 0 radical (unpaired) electrons. The molecule has 0 saturated carbocycles. The molecule has 0 unspecified atom stereocenters. The summed E-state index contributed by atoms with van der Waals surface area (Å²) in [6.07, 6.45) is 3.72. The number of fused-ring (bicyclic) bond motifs is 1. The van der Waals surface area contributed by atoms with Crippen LogP contribution in [0.5, 0.6) is 0 Å². The summed E-state index contributed by atoms with van der Waals surface area (Å²) in [6.45, 7) is 0. The Morgan fingerprint density at radius 2 is 1.50 bits per heavy atom. The van der Waals surface area contributed by atoms with Crippen molar-refractivity contribution in [2.45, 2.75) is 6.42 Å². The van der Waals surface area contributed by atoms with E-state index in [1.807, 2.05) is 30.3 Å². The molecule has 1 aliphatic heterocycles. The van der Waals surface area contributed by atoms with Crippen molar-refractivity contribution in [1.29, 1.82) is 0 Å². The Bertz CT molecular complexity index is 972. The normalized spacial score (nSPS) is 13.0. The van der Waals surface area contributed by atoms with Crippen LogP contribution in [0.4, 0.5) is 0 Å². The lowest BCUT2D eigenvalue weighted by Gasteiger charge is -2.13. The average Bonchev–Trinajstić information content (AvgIpc) is 3.22. The molecule has 6 heteroatoms. The van der Waals surface area contributed by atoms with Crippen molar-refractivity contribution in [3.8, 4) is 0 Å². The summed E-state index contributed by atoms with van der Waals surface area (Å²) in [5, 5.41) is 0.520. The summed E-state index contributed by atoms with van der Waals surface area (Å²) >= 11 is 0.